The molecule has 158 valence electrons. The van der Waals surface area contributed by atoms with Crippen molar-refractivity contribution in [1.82, 2.24) is 15.0 Å². The molecule has 2 aromatic carbocycles. The predicted octanol–water partition coefficient (Wildman–Crippen LogP) is 4.45. The summed E-state index contributed by atoms with van der Waals surface area (Å²) in [6.45, 7) is 4.03. The summed E-state index contributed by atoms with van der Waals surface area (Å²) in [4.78, 5) is 6.81. The Morgan fingerprint density at radius 1 is 1.03 bits per heavy atom. The molecule has 1 aromatic heterocycles. The van der Waals surface area contributed by atoms with Gasteiger partial charge in [0, 0.05) is 17.1 Å². The molecule has 1 fully saturated rings. The number of halogens is 1. The lowest BCUT2D eigenvalue weighted by molar-refractivity contribution is 0.230. The van der Waals surface area contributed by atoms with Crippen LogP contribution in [0.25, 0.3) is 11.4 Å². The topological polar surface area (TPSA) is 69.9 Å². The van der Waals surface area contributed by atoms with Gasteiger partial charge in [-0.3, -0.25) is 4.90 Å². The van der Waals surface area contributed by atoms with Crippen LogP contribution in [0.5, 0.6) is 17.2 Å². The van der Waals surface area contributed by atoms with Crippen LogP contribution >= 0.6 is 11.6 Å². The highest BCUT2D eigenvalue weighted by Crippen LogP contribution is 2.31. The Hall–Kier alpha value is -2.77. The molecule has 0 aliphatic carbocycles. The highest BCUT2D eigenvalue weighted by molar-refractivity contribution is 6.30. The van der Waals surface area contributed by atoms with Crippen LogP contribution in [0, 0.1) is 0 Å². The van der Waals surface area contributed by atoms with Crippen LogP contribution < -0.4 is 14.2 Å². The summed E-state index contributed by atoms with van der Waals surface area (Å²) in [5.41, 5.74) is 0.778. The number of hydrogen-bond donors (Lipinski definition) is 0. The summed E-state index contributed by atoms with van der Waals surface area (Å²) in [5, 5.41) is 4.69. The minimum atomic E-state index is 0.170. The third-order valence-electron chi connectivity index (χ3n) is 4.93. The van der Waals surface area contributed by atoms with E-state index in [4.69, 9.17) is 30.3 Å². The summed E-state index contributed by atoms with van der Waals surface area (Å²) < 4.78 is 22.4. The number of ether oxygens (including phenoxy) is 3. The van der Waals surface area contributed by atoms with E-state index in [1.54, 1.807) is 31.4 Å². The van der Waals surface area contributed by atoms with Crippen LogP contribution in [0.1, 0.15) is 18.7 Å². The highest BCUT2D eigenvalue weighted by Gasteiger charge is 2.14. The van der Waals surface area contributed by atoms with E-state index in [1.807, 2.05) is 18.2 Å². The van der Waals surface area contributed by atoms with Crippen LogP contribution in [-0.2, 0) is 6.61 Å². The number of hydrogen-bond acceptors (Lipinski definition) is 7. The highest BCUT2D eigenvalue weighted by atomic mass is 35.5. The summed E-state index contributed by atoms with van der Waals surface area (Å²) >= 11 is 5.88. The standard InChI is InChI=1S/C22H24ClN3O4/c1-27-20-14-16(4-9-19(20)28-13-12-26-10-2-3-11-26)22-24-21(30-25-22)15-29-18-7-5-17(23)6-8-18/h4-9,14H,2-3,10-13,15H2,1H3. The monoisotopic (exact) mass is 429 g/mol. The van der Waals surface area contributed by atoms with Gasteiger partial charge in [-0.1, -0.05) is 16.8 Å². The van der Waals surface area contributed by atoms with Gasteiger partial charge in [0.05, 0.1) is 7.11 Å². The third kappa shape index (κ3) is 5.23. The molecule has 0 unspecified atom stereocenters. The average molecular weight is 430 g/mol. The Labute approximate surface area is 180 Å². The molecule has 0 bridgehead atoms. The van der Waals surface area contributed by atoms with Crippen molar-refractivity contribution >= 4 is 11.6 Å². The fourth-order valence-corrected chi connectivity index (χ4v) is 3.45. The van der Waals surface area contributed by atoms with Crippen molar-refractivity contribution in [2.75, 3.05) is 33.4 Å². The smallest absolute Gasteiger partial charge is 0.264 e. The Kier molecular flexibility index (Phi) is 6.71. The number of methoxy groups -OCH3 is 1. The van der Waals surface area contributed by atoms with E-state index in [-0.39, 0.29) is 6.61 Å². The molecule has 0 radical (unpaired) electrons. The molecule has 0 amide bonds. The van der Waals surface area contributed by atoms with Crippen molar-refractivity contribution in [2.45, 2.75) is 19.4 Å². The zero-order valence-corrected chi connectivity index (χ0v) is 17.6. The number of likely N-dealkylation sites (tertiary alicyclic amines) is 1. The molecule has 1 aliphatic rings. The van der Waals surface area contributed by atoms with E-state index in [0.717, 1.165) is 25.2 Å². The SMILES string of the molecule is COc1cc(-c2noc(COc3ccc(Cl)cc3)n2)ccc1OCCN1CCCC1. The van der Waals surface area contributed by atoms with Gasteiger partial charge in [-0.2, -0.15) is 4.98 Å². The van der Waals surface area contributed by atoms with E-state index < -0.39 is 0 Å². The van der Waals surface area contributed by atoms with Gasteiger partial charge in [-0.15, -0.1) is 0 Å². The van der Waals surface area contributed by atoms with E-state index in [9.17, 15) is 0 Å². The fraction of sp³-hybridized carbons (Fsp3) is 0.364. The average Bonchev–Trinajstić information content (AvgIpc) is 3.46. The summed E-state index contributed by atoms with van der Waals surface area (Å²) in [7, 11) is 1.62. The van der Waals surface area contributed by atoms with Crippen LogP contribution in [0.15, 0.2) is 47.0 Å². The second-order valence-electron chi connectivity index (χ2n) is 7.02. The fourth-order valence-electron chi connectivity index (χ4n) is 3.32. The van der Waals surface area contributed by atoms with Gasteiger partial charge in [0.2, 0.25) is 5.82 Å². The van der Waals surface area contributed by atoms with Gasteiger partial charge in [0.1, 0.15) is 12.4 Å². The van der Waals surface area contributed by atoms with Gasteiger partial charge >= 0.3 is 0 Å². The van der Waals surface area contributed by atoms with Gasteiger partial charge in [-0.05, 0) is 68.4 Å². The lowest BCUT2D eigenvalue weighted by Crippen LogP contribution is -2.25. The Morgan fingerprint density at radius 3 is 2.60 bits per heavy atom. The van der Waals surface area contributed by atoms with Crippen molar-refractivity contribution in [3.8, 4) is 28.6 Å². The Bertz CT molecular complexity index is 955. The molecular weight excluding hydrogens is 406 g/mol. The minimum absolute atomic E-state index is 0.170. The first kappa shape index (κ1) is 20.5. The minimum Gasteiger partial charge on any atom is -0.493 e. The first-order valence-electron chi connectivity index (χ1n) is 9.96. The molecule has 1 aliphatic heterocycles. The molecule has 4 rings (SSSR count). The molecule has 0 N–H and O–H groups in total. The van der Waals surface area contributed by atoms with E-state index >= 15 is 0 Å². The first-order chi connectivity index (χ1) is 14.7. The molecule has 7 nitrogen and oxygen atoms in total. The number of aromatic nitrogens is 2. The van der Waals surface area contributed by atoms with E-state index in [0.29, 0.717) is 40.6 Å². The van der Waals surface area contributed by atoms with Crippen LogP contribution in [0.3, 0.4) is 0 Å². The second kappa shape index (κ2) is 9.82. The van der Waals surface area contributed by atoms with Gasteiger partial charge in [-0.25, -0.2) is 0 Å². The third-order valence-corrected chi connectivity index (χ3v) is 5.18. The van der Waals surface area contributed by atoms with Crippen molar-refractivity contribution in [3.05, 3.63) is 53.4 Å². The maximum absolute atomic E-state index is 5.92. The van der Waals surface area contributed by atoms with Crippen molar-refractivity contribution in [3.63, 3.8) is 0 Å². The zero-order chi connectivity index (χ0) is 20.8. The molecule has 0 atom stereocenters. The Morgan fingerprint density at radius 2 is 1.83 bits per heavy atom. The molecule has 1 saturated heterocycles. The van der Waals surface area contributed by atoms with Crippen LogP contribution in [0.2, 0.25) is 5.02 Å². The molecular formula is C22H24ClN3O4. The lowest BCUT2D eigenvalue weighted by atomic mass is 10.2. The number of benzene rings is 2. The predicted molar refractivity (Wildman–Crippen MR) is 113 cm³/mol. The maximum atomic E-state index is 5.92. The summed E-state index contributed by atoms with van der Waals surface area (Å²) in [5.74, 6) is 2.86. The summed E-state index contributed by atoms with van der Waals surface area (Å²) in [6.07, 6.45) is 2.55. The number of rotatable bonds is 9. The second-order valence-corrected chi connectivity index (χ2v) is 7.45. The van der Waals surface area contributed by atoms with Crippen molar-refractivity contribution in [2.24, 2.45) is 0 Å². The molecule has 0 saturated carbocycles. The molecule has 3 aromatic rings. The quantitative estimate of drug-likeness (QED) is 0.497. The Balaban J connectivity index is 1.36. The normalized spacial score (nSPS) is 14.1. The van der Waals surface area contributed by atoms with Gasteiger partial charge in [0.15, 0.2) is 18.1 Å². The maximum Gasteiger partial charge on any atom is 0.264 e. The van der Waals surface area contributed by atoms with Crippen LogP contribution in [-0.4, -0.2) is 48.4 Å². The van der Waals surface area contributed by atoms with E-state index in [1.165, 1.54) is 12.8 Å². The molecule has 2 heterocycles. The van der Waals surface area contributed by atoms with Crippen molar-refractivity contribution in [1.29, 1.82) is 0 Å². The first-order valence-corrected chi connectivity index (χ1v) is 10.3. The largest absolute Gasteiger partial charge is 0.493 e. The molecule has 30 heavy (non-hydrogen) atoms. The van der Waals surface area contributed by atoms with Gasteiger partial charge < -0.3 is 18.7 Å². The van der Waals surface area contributed by atoms with Crippen molar-refractivity contribution < 1.29 is 18.7 Å². The summed E-state index contributed by atoms with van der Waals surface area (Å²) in [6, 6.07) is 12.7. The lowest BCUT2D eigenvalue weighted by Gasteiger charge is -2.16. The van der Waals surface area contributed by atoms with Gasteiger partial charge in [0.25, 0.3) is 5.89 Å². The number of nitrogens with zero attached hydrogens (tertiary/aromatic N) is 3. The molecule has 8 heteroatoms. The molecule has 0 spiro atoms. The van der Waals surface area contributed by atoms with E-state index in [2.05, 4.69) is 15.0 Å². The van der Waals surface area contributed by atoms with Crippen LogP contribution in [0.4, 0.5) is 0 Å². The zero-order valence-electron chi connectivity index (χ0n) is 16.8.